The molecule has 1 saturated heterocycles. The number of anilines is 2. The van der Waals surface area contributed by atoms with Gasteiger partial charge in [-0.15, -0.1) is 0 Å². The Morgan fingerprint density at radius 1 is 1.00 bits per heavy atom. The molecule has 0 atom stereocenters. The number of aromatic nitrogens is 3. The number of likely N-dealkylation sites (tertiary alicyclic amines) is 1. The highest BCUT2D eigenvalue weighted by atomic mass is 16.5. The van der Waals surface area contributed by atoms with Crippen LogP contribution in [0.5, 0.6) is 11.5 Å². The van der Waals surface area contributed by atoms with Gasteiger partial charge in [0.05, 0.1) is 5.69 Å². The van der Waals surface area contributed by atoms with Crippen LogP contribution in [0.1, 0.15) is 28.8 Å². The van der Waals surface area contributed by atoms with E-state index in [0.717, 1.165) is 54.0 Å². The van der Waals surface area contributed by atoms with Gasteiger partial charge in [-0.2, -0.15) is 5.10 Å². The van der Waals surface area contributed by atoms with Crippen molar-refractivity contribution in [2.75, 3.05) is 30.8 Å². The number of para-hydroxylation sites is 1. The third-order valence-corrected chi connectivity index (χ3v) is 7.22. The lowest BCUT2D eigenvalue weighted by Gasteiger charge is -2.30. The molecule has 0 aliphatic carbocycles. The van der Waals surface area contributed by atoms with Crippen LogP contribution in [0.25, 0.3) is 22.3 Å². The van der Waals surface area contributed by atoms with Gasteiger partial charge in [-0.05, 0) is 88.4 Å². The minimum absolute atomic E-state index is 0.216. The molecule has 0 radical (unpaired) electrons. The largest absolute Gasteiger partial charge is 0.454 e. The van der Waals surface area contributed by atoms with Crippen LogP contribution in [0.15, 0.2) is 78.9 Å². The summed E-state index contributed by atoms with van der Waals surface area (Å²) in [6.45, 7) is 4.24. The Kier molecular flexibility index (Phi) is 6.77. The van der Waals surface area contributed by atoms with E-state index in [9.17, 15) is 4.79 Å². The molecule has 8 heteroatoms. The Hall–Kier alpha value is -4.56. The number of benzene rings is 3. The van der Waals surface area contributed by atoms with Crippen molar-refractivity contribution in [2.24, 2.45) is 0 Å². The molecule has 1 aliphatic rings. The normalized spacial score (nSPS) is 14.4. The van der Waals surface area contributed by atoms with Gasteiger partial charge in [0.1, 0.15) is 11.4 Å². The maximum Gasteiger partial charge on any atom is 0.256 e. The number of fused-ring (bicyclic) bond motifs is 1. The first-order valence-electron chi connectivity index (χ1n) is 13.3. The molecule has 1 amide bonds. The summed E-state index contributed by atoms with van der Waals surface area (Å²) in [5, 5.41) is 14.8. The molecule has 0 spiro atoms. The Bertz CT molecular complexity index is 1580. The number of ether oxygens (including phenoxy) is 1. The highest BCUT2D eigenvalue weighted by molar-refractivity contribution is 6.04. The molecule has 3 heterocycles. The molecule has 4 N–H and O–H groups in total. The van der Waals surface area contributed by atoms with Crippen LogP contribution < -0.4 is 15.4 Å². The summed E-state index contributed by atoms with van der Waals surface area (Å²) in [7, 11) is 2.16. The van der Waals surface area contributed by atoms with Crippen molar-refractivity contribution in [1.29, 1.82) is 0 Å². The van der Waals surface area contributed by atoms with Crippen molar-refractivity contribution >= 4 is 28.3 Å². The van der Waals surface area contributed by atoms with Crippen LogP contribution in [0.3, 0.4) is 0 Å². The van der Waals surface area contributed by atoms with Crippen molar-refractivity contribution in [1.82, 2.24) is 20.1 Å². The van der Waals surface area contributed by atoms with Gasteiger partial charge in [0.25, 0.3) is 5.91 Å². The summed E-state index contributed by atoms with van der Waals surface area (Å²) in [5.41, 5.74) is 5.18. The standard InChI is InChI=1S/C31H32N6O2/c1-20-7-13-24(14-8-20)39-30-25-5-3-4-6-26(25)33-29(30)27-19-28(36-35-27)34-31(38)21-9-11-22(12-10-21)32-23-15-17-37(2)18-16-23/h3-14,19,23,32-33H,15-18H2,1-2H3,(H2,34,35,36,38). The van der Waals surface area contributed by atoms with Gasteiger partial charge < -0.3 is 25.3 Å². The van der Waals surface area contributed by atoms with E-state index >= 15 is 0 Å². The molecule has 6 rings (SSSR count). The van der Waals surface area contributed by atoms with Gasteiger partial charge in [-0.1, -0.05) is 29.8 Å². The van der Waals surface area contributed by atoms with Crippen molar-refractivity contribution in [3.8, 4) is 22.9 Å². The zero-order chi connectivity index (χ0) is 26.8. The van der Waals surface area contributed by atoms with Crippen molar-refractivity contribution in [3.63, 3.8) is 0 Å². The average molecular weight is 521 g/mol. The van der Waals surface area contributed by atoms with E-state index in [1.165, 1.54) is 5.56 Å². The Morgan fingerprint density at radius 3 is 2.51 bits per heavy atom. The maximum atomic E-state index is 13.0. The number of nitrogens with zero attached hydrogens (tertiary/aromatic N) is 2. The molecule has 1 aliphatic heterocycles. The van der Waals surface area contributed by atoms with Crippen molar-refractivity contribution in [3.05, 3.63) is 90.0 Å². The molecular formula is C31H32N6O2. The lowest BCUT2D eigenvalue weighted by Crippen LogP contribution is -2.36. The summed E-state index contributed by atoms with van der Waals surface area (Å²) in [6, 6.07) is 25.8. The number of aromatic amines is 2. The second kappa shape index (κ2) is 10.7. The number of carbonyl (C=O) groups excluding carboxylic acids is 1. The molecule has 0 unspecified atom stereocenters. The first kappa shape index (κ1) is 24.8. The molecule has 5 aromatic rings. The highest BCUT2D eigenvalue weighted by Gasteiger charge is 2.19. The fourth-order valence-corrected chi connectivity index (χ4v) is 4.94. The predicted molar refractivity (Wildman–Crippen MR) is 156 cm³/mol. The number of amides is 1. The number of carbonyl (C=O) groups is 1. The minimum Gasteiger partial charge on any atom is -0.454 e. The van der Waals surface area contributed by atoms with Crippen LogP contribution in [-0.4, -0.2) is 52.2 Å². The fraction of sp³-hybridized carbons (Fsp3) is 0.226. The Morgan fingerprint density at radius 2 is 1.74 bits per heavy atom. The van der Waals surface area contributed by atoms with Crippen LogP contribution in [0.2, 0.25) is 0 Å². The highest BCUT2D eigenvalue weighted by Crippen LogP contribution is 2.39. The number of piperidine rings is 1. The Labute approximate surface area is 227 Å². The fourth-order valence-electron chi connectivity index (χ4n) is 4.94. The molecule has 0 bridgehead atoms. The van der Waals surface area contributed by atoms with Crippen molar-refractivity contribution < 1.29 is 9.53 Å². The molecule has 39 heavy (non-hydrogen) atoms. The second-order valence-corrected chi connectivity index (χ2v) is 10.2. The summed E-state index contributed by atoms with van der Waals surface area (Å²) in [6.07, 6.45) is 2.24. The monoisotopic (exact) mass is 520 g/mol. The van der Waals surface area contributed by atoms with E-state index in [-0.39, 0.29) is 5.91 Å². The van der Waals surface area contributed by atoms with Gasteiger partial charge in [0.2, 0.25) is 0 Å². The van der Waals surface area contributed by atoms with Crippen molar-refractivity contribution in [2.45, 2.75) is 25.8 Å². The summed E-state index contributed by atoms with van der Waals surface area (Å²) < 4.78 is 6.33. The lowest BCUT2D eigenvalue weighted by atomic mass is 10.0. The molecule has 198 valence electrons. The molecule has 1 fully saturated rings. The predicted octanol–water partition coefficient (Wildman–Crippen LogP) is 6.42. The smallest absolute Gasteiger partial charge is 0.256 e. The number of rotatable bonds is 7. The van der Waals surface area contributed by atoms with E-state index in [4.69, 9.17) is 4.74 Å². The number of nitrogens with one attached hydrogen (secondary N) is 4. The molecule has 8 nitrogen and oxygen atoms in total. The first-order chi connectivity index (χ1) is 19.0. The van der Waals surface area contributed by atoms with Gasteiger partial charge in [0.15, 0.2) is 11.6 Å². The molecule has 2 aromatic heterocycles. The van der Waals surface area contributed by atoms with Gasteiger partial charge in [-0.3, -0.25) is 9.89 Å². The van der Waals surface area contributed by atoms with Gasteiger partial charge in [0, 0.05) is 34.3 Å². The number of H-pyrrole nitrogens is 2. The zero-order valence-electron chi connectivity index (χ0n) is 22.1. The molecular weight excluding hydrogens is 488 g/mol. The Balaban J connectivity index is 1.17. The second-order valence-electron chi connectivity index (χ2n) is 10.2. The molecule has 3 aromatic carbocycles. The van der Waals surface area contributed by atoms with E-state index in [0.29, 0.717) is 28.9 Å². The zero-order valence-corrected chi connectivity index (χ0v) is 22.1. The van der Waals surface area contributed by atoms with Crippen LogP contribution >= 0.6 is 0 Å². The van der Waals surface area contributed by atoms with Crippen LogP contribution in [-0.2, 0) is 0 Å². The summed E-state index contributed by atoms with van der Waals surface area (Å²) in [4.78, 5) is 18.7. The molecule has 0 saturated carbocycles. The van der Waals surface area contributed by atoms with Gasteiger partial charge in [-0.25, -0.2) is 0 Å². The van der Waals surface area contributed by atoms with E-state index in [2.05, 4.69) is 37.8 Å². The number of aryl methyl sites for hydroxylation is 1. The first-order valence-corrected chi connectivity index (χ1v) is 13.3. The number of hydrogen-bond donors (Lipinski definition) is 4. The van der Waals surface area contributed by atoms with E-state index in [1.807, 2.05) is 79.7 Å². The topological polar surface area (TPSA) is 98.1 Å². The van der Waals surface area contributed by atoms with E-state index < -0.39 is 0 Å². The van der Waals surface area contributed by atoms with Crippen LogP contribution in [0.4, 0.5) is 11.5 Å². The minimum atomic E-state index is -0.216. The SMILES string of the molecule is Cc1ccc(Oc2c(-c3cc(NC(=O)c4ccc(NC5CCN(C)CC5)cc4)n[nH]3)[nH]c3ccccc23)cc1. The quantitative estimate of drug-likeness (QED) is 0.199. The van der Waals surface area contributed by atoms with Gasteiger partial charge >= 0.3 is 0 Å². The summed E-state index contributed by atoms with van der Waals surface area (Å²) in [5.74, 6) is 1.66. The maximum absolute atomic E-state index is 13.0. The third kappa shape index (κ3) is 5.51. The third-order valence-electron chi connectivity index (χ3n) is 7.22. The number of hydrogen-bond acceptors (Lipinski definition) is 5. The van der Waals surface area contributed by atoms with E-state index in [1.54, 1.807) is 6.07 Å². The average Bonchev–Trinajstić information content (AvgIpc) is 3.56. The van der Waals surface area contributed by atoms with Crippen LogP contribution in [0, 0.1) is 6.92 Å². The summed E-state index contributed by atoms with van der Waals surface area (Å²) >= 11 is 0. The lowest BCUT2D eigenvalue weighted by molar-refractivity contribution is 0.102.